The Morgan fingerprint density at radius 3 is 2.79 bits per heavy atom. The minimum absolute atomic E-state index is 0.236. The molecule has 1 aliphatic carbocycles. The van der Waals surface area contributed by atoms with E-state index in [1.807, 2.05) is 0 Å². The van der Waals surface area contributed by atoms with Crippen LogP contribution in [0.15, 0.2) is 39.7 Å². The monoisotopic (exact) mass is 344 g/mol. The van der Waals surface area contributed by atoms with Gasteiger partial charge in [-0.05, 0) is 59.3 Å². The van der Waals surface area contributed by atoms with Crippen molar-refractivity contribution in [1.29, 1.82) is 0 Å². The number of hydrogen-bond donors (Lipinski definition) is 2. The number of nitrogens with one attached hydrogen (secondary N) is 1. The van der Waals surface area contributed by atoms with Gasteiger partial charge in [0.05, 0.1) is 4.90 Å². The molecule has 3 N–H and O–H groups in total. The summed E-state index contributed by atoms with van der Waals surface area (Å²) in [6, 6.07) is 4.63. The highest BCUT2D eigenvalue weighted by atomic mass is 79.9. The molecule has 0 saturated carbocycles. The van der Waals surface area contributed by atoms with Crippen LogP contribution in [0.1, 0.15) is 19.3 Å². The van der Waals surface area contributed by atoms with Crippen molar-refractivity contribution in [3.8, 4) is 0 Å². The van der Waals surface area contributed by atoms with E-state index in [9.17, 15) is 8.42 Å². The molecule has 1 aromatic carbocycles. The van der Waals surface area contributed by atoms with E-state index in [0.717, 1.165) is 19.3 Å². The van der Waals surface area contributed by atoms with Gasteiger partial charge >= 0.3 is 0 Å². The molecular weight excluding hydrogens is 328 g/mol. The number of allylic oxidation sites excluding steroid dienone is 2. The van der Waals surface area contributed by atoms with Gasteiger partial charge in [0.25, 0.3) is 0 Å². The zero-order chi connectivity index (χ0) is 13.9. The van der Waals surface area contributed by atoms with Crippen LogP contribution < -0.4 is 10.5 Å². The normalized spacial score (nSPS) is 19.5. The summed E-state index contributed by atoms with van der Waals surface area (Å²) in [6.45, 7) is 0.481. The van der Waals surface area contributed by atoms with Gasteiger partial charge in [-0.25, -0.2) is 13.1 Å². The molecule has 0 saturated heterocycles. The number of anilines is 1. The predicted octanol–water partition coefficient (Wildman–Crippen LogP) is 2.67. The van der Waals surface area contributed by atoms with Crippen molar-refractivity contribution in [3.05, 3.63) is 34.8 Å². The summed E-state index contributed by atoms with van der Waals surface area (Å²) in [5.41, 5.74) is 6.18. The summed E-state index contributed by atoms with van der Waals surface area (Å²) in [4.78, 5) is 0.236. The molecule has 0 aromatic heterocycles. The van der Waals surface area contributed by atoms with Crippen LogP contribution in [0.2, 0.25) is 0 Å². The minimum Gasteiger partial charge on any atom is -0.398 e. The Kier molecular flexibility index (Phi) is 4.65. The second-order valence-electron chi connectivity index (χ2n) is 4.69. The van der Waals surface area contributed by atoms with E-state index in [2.05, 4.69) is 32.8 Å². The fraction of sp³-hybridized carbons (Fsp3) is 0.385. The Morgan fingerprint density at radius 1 is 1.37 bits per heavy atom. The Hall–Kier alpha value is -0.850. The summed E-state index contributed by atoms with van der Waals surface area (Å²) in [7, 11) is -3.46. The Bertz CT molecular complexity index is 584. The lowest BCUT2D eigenvalue weighted by molar-refractivity contribution is 0.468. The van der Waals surface area contributed by atoms with Gasteiger partial charge in [-0.1, -0.05) is 12.2 Å². The minimum atomic E-state index is -3.46. The first-order valence-electron chi connectivity index (χ1n) is 6.19. The van der Waals surface area contributed by atoms with Gasteiger partial charge in [0.15, 0.2) is 0 Å². The molecule has 4 nitrogen and oxygen atoms in total. The molecule has 1 aliphatic rings. The second kappa shape index (κ2) is 6.07. The molecule has 0 spiro atoms. The average molecular weight is 345 g/mol. The van der Waals surface area contributed by atoms with Crippen molar-refractivity contribution in [2.24, 2.45) is 5.92 Å². The molecule has 6 heteroatoms. The molecule has 0 bridgehead atoms. The average Bonchev–Trinajstić information content (AvgIpc) is 2.41. The molecule has 1 aromatic rings. The quantitative estimate of drug-likeness (QED) is 0.651. The van der Waals surface area contributed by atoms with Crippen LogP contribution in [-0.2, 0) is 10.0 Å². The fourth-order valence-corrected chi connectivity index (χ4v) is 3.70. The van der Waals surface area contributed by atoms with E-state index in [0.29, 0.717) is 22.6 Å². The first-order chi connectivity index (χ1) is 8.99. The van der Waals surface area contributed by atoms with Crippen LogP contribution in [-0.4, -0.2) is 15.0 Å². The van der Waals surface area contributed by atoms with Crippen molar-refractivity contribution >= 4 is 31.6 Å². The first-order valence-corrected chi connectivity index (χ1v) is 8.46. The number of nitrogens with two attached hydrogens (primary N) is 1. The molecule has 0 fully saturated rings. The smallest absolute Gasteiger partial charge is 0.240 e. The van der Waals surface area contributed by atoms with Crippen molar-refractivity contribution in [3.63, 3.8) is 0 Å². The van der Waals surface area contributed by atoms with E-state index in [1.165, 1.54) is 12.1 Å². The molecule has 2 rings (SSSR count). The maximum absolute atomic E-state index is 12.1. The summed E-state index contributed by atoms with van der Waals surface area (Å²) in [5.74, 6) is 0.386. The van der Waals surface area contributed by atoms with Crippen molar-refractivity contribution in [2.75, 3.05) is 12.3 Å². The van der Waals surface area contributed by atoms with Gasteiger partial charge in [-0.3, -0.25) is 0 Å². The van der Waals surface area contributed by atoms with Crippen LogP contribution >= 0.6 is 15.9 Å². The number of rotatable bonds is 4. The van der Waals surface area contributed by atoms with Crippen molar-refractivity contribution in [2.45, 2.75) is 24.2 Å². The predicted molar refractivity (Wildman–Crippen MR) is 80.2 cm³/mol. The Labute approximate surface area is 122 Å². The number of halogens is 1. The highest BCUT2D eigenvalue weighted by molar-refractivity contribution is 9.10. The Morgan fingerprint density at radius 2 is 2.16 bits per heavy atom. The molecule has 1 atom stereocenters. The first kappa shape index (κ1) is 14.6. The van der Waals surface area contributed by atoms with Gasteiger partial charge in [-0.2, -0.15) is 0 Å². The lowest BCUT2D eigenvalue weighted by Gasteiger charge is -2.18. The lowest BCUT2D eigenvalue weighted by Crippen LogP contribution is -2.29. The van der Waals surface area contributed by atoms with Gasteiger partial charge in [0.2, 0.25) is 10.0 Å². The van der Waals surface area contributed by atoms with E-state index in [4.69, 9.17) is 5.73 Å². The molecule has 0 radical (unpaired) electrons. The summed E-state index contributed by atoms with van der Waals surface area (Å²) >= 11 is 3.24. The second-order valence-corrected chi connectivity index (χ2v) is 7.31. The number of hydrogen-bond acceptors (Lipinski definition) is 3. The van der Waals surface area contributed by atoms with Crippen LogP contribution in [0, 0.1) is 5.92 Å². The van der Waals surface area contributed by atoms with Gasteiger partial charge < -0.3 is 5.73 Å². The van der Waals surface area contributed by atoms with Crippen LogP contribution in [0.3, 0.4) is 0 Å². The third-order valence-electron chi connectivity index (χ3n) is 3.22. The zero-order valence-electron chi connectivity index (χ0n) is 10.5. The molecular formula is C13H17BrN2O2S. The van der Waals surface area contributed by atoms with Crippen LogP contribution in [0.4, 0.5) is 5.69 Å². The fourth-order valence-electron chi connectivity index (χ4n) is 2.03. The third kappa shape index (κ3) is 3.81. The number of sulfonamides is 1. The van der Waals surface area contributed by atoms with Crippen molar-refractivity contribution in [1.82, 2.24) is 4.72 Å². The van der Waals surface area contributed by atoms with Gasteiger partial charge in [0, 0.05) is 16.7 Å². The largest absolute Gasteiger partial charge is 0.398 e. The topological polar surface area (TPSA) is 72.2 Å². The number of benzene rings is 1. The lowest BCUT2D eigenvalue weighted by atomic mass is 9.95. The molecule has 0 heterocycles. The maximum atomic E-state index is 12.1. The third-order valence-corrected chi connectivity index (χ3v) is 5.33. The van der Waals surface area contributed by atoms with Crippen LogP contribution in [0.25, 0.3) is 0 Å². The van der Waals surface area contributed by atoms with Gasteiger partial charge in [0.1, 0.15) is 0 Å². The highest BCUT2D eigenvalue weighted by Crippen LogP contribution is 2.23. The molecule has 19 heavy (non-hydrogen) atoms. The van der Waals surface area contributed by atoms with E-state index in [1.54, 1.807) is 6.07 Å². The SMILES string of the molecule is Nc1ccc(S(=O)(=O)NCC2CC=CCC2)cc1Br. The summed E-state index contributed by atoms with van der Waals surface area (Å²) in [6.07, 6.45) is 7.25. The molecule has 0 amide bonds. The molecule has 0 aliphatic heterocycles. The molecule has 104 valence electrons. The standard InChI is InChI=1S/C13H17BrN2O2S/c14-12-8-11(6-7-13(12)15)19(17,18)16-9-10-4-2-1-3-5-10/h1-2,6-8,10,16H,3-5,9,15H2. The van der Waals surface area contributed by atoms with Gasteiger partial charge in [-0.15, -0.1) is 0 Å². The summed E-state index contributed by atoms with van der Waals surface area (Å²) in [5, 5.41) is 0. The van der Waals surface area contributed by atoms with E-state index < -0.39 is 10.0 Å². The Balaban J connectivity index is 2.05. The number of nitrogen functional groups attached to an aromatic ring is 1. The molecule has 1 unspecified atom stereocenters. The highest BCUT2D eigenvalue weighted by Gasteiger charge is 2.18. The summed E-state index contributed by atoms with van der Waals surface area (Å²) < 4.78 is 27.6. The van der Waals surface area contributed by atoms with Crippen LogP contribution in [0.5, 0.6) is 0 Å². The zero-order valence-corrected chi connectivity index (χ0v) is 12.9. The van der Waals surface area contributed by atoms with Crippen molar-refractivity contribution < 1.29 is 8.42 Å². The maximum Gasteiger partial charge on any atom is 0.240 e. The van der Waals surface area contributed by atoms with E-state index >= 15 is 0 Å². The van der Waals surface area contributed by atoms with E-state index in [-0.39, 0.29) is 4.90 Å².